The fourth-order valence-electron chi connectivity index (χ4n) is 0.158. The molecule has 0 amide bonds. The highest BCUT2D eigenvalue weighted by Crippen LogP contribution is 2.03. The molecule has 0 aromatic carbocycles. The van der Waals surface area contributed by atoms with Gasteiger partial charge in [0.2, 0.25) is 0 Å². The molecule has 40 valence electrons. The first-order valence-corrected chi connectivity index (χ1v) is 2.99. The molecule has 3 heteroatoms. The summed E-state index contributed by atoms with van der Waals surface area (Å²) >= 11 is 1.23. The number of nitriles is 1. The first-order valence-electron chi connectivity index (χ1n) is 1.94. The zero-order valence-corrected chi connectivity index (χ0v) is 4.90. The Balaban J connectivity index is 2.86. The first-order chi connectivity index (χ1) is 3.27. The van der Waals surface area contributed by atoms with Crippen molar-refractivity contribution < 1.29 is 5.11 Å². The summed E-state index contributed by atoms with van der Waals surface area (Å²) < 4.78 is 0. The van der Waals surface area contributed by atoms with Crippen LogP contribution in [0.15, 0.2) is 0 Å². The maximum Gasteiger partial charge on any atom is 0.0974 e. The molecular weight excluding hydrogens is 110 g/mol. The van der Waals surface area contributed by atoms with Crippen molar-refractivity contribution in [2.75, 3.05) is 5.75 Å². The van der Waals surface area contributed by atoms with Crippen molar-refractivity contribution in [1.82, 2.24) is 0 Å². The molecular formula is C4H7NOS. The van der Waals surface area contributed by atoms with Gasteiger partial charge in [-0.25, -0.2) is 0 Å². The normalized spacial score (nSPS) is 12.7. The zero-order chi connectivity index (χ0) is 5.70. The minimum absolute atomic E-state index is 0.373. The smallest absolute Gasteiger partial charge is 0.0974 e. The van der Waals surface area contributed by atoms with E-state index in [1.165, 1.54) is 11.8 Å². The lowest BCUT2D eigenvalue weighted by atomic mass is 10.9. The summed E-state index contributed by atoms with van der Waals surface area (Å²) in [6, 6.07) is 1.90. The summed E-state index contributed by atoms with van der Waals surface area (Å²) in [5.74, 6) is 0.373. The number of rotatable bonds is 2. The minimum atomic E-state index is -0.403. The van der Waals surface area contributed by atoms with E-state index in [9.17, 15) is 0 Å². The SMILES string of the molecule is CC(O)SCC#N. The third-order valence-corrected chi connectivity index (χ3v) is 1.17. The molecule has 0 spiro atoms. The van der Waals surface area contributed by atoms with Gasteiger partial charge in [-0.3, -0.25) is 0 Å². The zero-order valence-electron chi connectivity index (χ0n) is 4.09. The molecule has 2 nitrogen and oxygen atoms in total. The van der Waals surface area contributed by atoms with Gasteiger partial charge >= 0.3 is 0 Å². The summed E-state index contributed by atoms with van der Waals surface area (Å²) in [7, 11) is 0. The second kappa shape index (κ2) is 3.97. The molecule has 0 saturated carbocycles. The summed E-state index contributed by atoms with van der Waals surface area (Å²) in [6.45, 7) is 1.64. The molecule has 0 radical (unpaired) electrons. The molecule has 0 fully saturated rings. The summed E-state index contributed by atoms with van der Waals surface area (Å²) in [5, 5.41) is 16.4. The Morgan fingerprint density at radius 2 is 2.57 bits per heavy atom. The molecule has 1 atom stereocenters. The standard InChI is InChI=1S/C4H7NOS/c1-4(6)7-3-2-5/h4,6H,3H2,1H3. The highest BCUT2D eigenvalue weighted by atomic mass is 32.2. The third-order valence-electron chi connectivity index (χ3n) is 0.389. The molecule has 0 aliphatic heterocycles. The Bertz CT molecular complexity index is 76.2. The fraction of sp³-hybridized carbons (Fsp3) is 0.750. The molecule has 0 aromatic rings. The van der Waals surface area contributed by atoms with Crippen LogP contribution in [0.2, 0.25) is 0 Å². The van der Waals surface area contributed by atoms with Crippen LogP contribution >= 0.6 is 11.8 Å². The van der Waals surface area contributed by atoms with E-state index in [2.05, 4.69) is 0 Å². The van der Waals surface area contributed by atoms with Gasteiger partial charge in [0.25, 0.3) is 0 Å². The Hall–Kier alpha value is -0.200. The average molecular weight is 117 g/mol. The molecule has 0 heterocycles. The van der Waals surface area contributed by atoms with E-state index in [-0.39, 0.29) is 0 Å². The van der Waals surface area contributed by atoms with Crippen LogP contribution < -0.4 is 0 Å². The largest absolute Gasteiger partial charge is 0.383 e. The van der Waals surface area contributed by atoms with Crippen molar-refractivity contribution in [1.29, 1.82) is 5.26 Å². The number of aliphatic hydroxyl groups excluding tert-OH is 1. The van der Waals surface area contributed by atoms with E-state index >= 15 is 0 Å². The Morgan fingerprint density at radius 1 is 2.00 bits per heavy atom. The van der Waals surface area contributed by atoms with Gasteiger partial charge < -0.3 is 5.11 Å². The van der Waals surface area contributed by atoms with E-state index < -0.39 is 5.44 Å². The van der Waals surface area contributed by atoms with Crippen LogP contribution in [0.3, 0.4) is 0 Å². The average Bonchev–Trinajstić information content (AvgIpc) is 1.61. The summed E-state index contributed by atoms with van der Waals surface area (Å²) in [5.41, 5.74) is -0.403. The summed E-state index contributed by atoms with van der Waals surface area (Å²) in [4.78, 5) is 0. The molecule has 0 rings (SSSR count). The van der Waals surface area contributed by atoms with E-state index in [4.69, 9.17) is 10.4 Å². The van der Waals surface area contributed by atoms with Gasteiger partial charge in [0.15, 0.2) is 0 Å². The Morgan fingerprint density at radius 3 is 2.71 bits per heavy atom. The fourth-order valence-corrected chi connectivity index (χ4v) is 0.474. The minimum Gasteiger partial charge on any atom is -0.383 e. The highest BCUT2D eigenvalue weighted by molar-refractivity contribution is 7.99. The predicted molar refractivity (Wildman–Crippen MR) is 29.8 cm³/mol. The topological polar surface area (TPSA) is 44.0 Å². The van der Waals surface area contributed by atoms with E-state index in [1.54, 1.807) is 6.92 Å². The van der Waals surface area contributed by atoms with Crippen molar-refractivity contribution in [2.24, 2.45) is 0 Å². The highest BCUT2D eigenvalue weighted by Gasteiger charge is 1.90. The molecule has 7 heavy (non-hydrogen) atoms. The maximum absolute atomic E-state index is 8.50. The van der Waals surface area contributed by atoms with Crippen LogP contribution in [-0.4, -0.2) is 16.3 Å². The van der Waals surface area contributed by atoms with Crippen molar-refractivity contribution >= 4 is 11.8 Å². The van der Waals surface area contributed by atoms with Crippen LogP contribution in [0.25, 0.3) is 0 Å². The van der Waals surface area contributed by atoms with Crippen LogP contribution in [0, 0.1) is 11.3 Å². The van der Waals surface area contributed by atoms with Gasteiger partial charge in [0, 0.05) is 0 Å². The van der Waals surface area contributed by atoms with Crippen LogP contribution in [-0.2, 0) is 0 Å². The van der Waals surface area contributed by atoms with Gasteiger partial charge in [-0.2, -0.15) is 5.26 Å². The number of hydrogen-bond donors (Lipinski definition) is 1. The van der Waals surface area contributed by atoms with Gasteiger partial charge in [-0.15, -0.1) is 11.8 Å². The van der Waals surface area contributed by atoms with Crippen LogP contribution in [0.1, 0.15) is 6.92 Å². The maximum atomic E-state index is 8.50. The van der Waals surface area contributed by atoms with Crippen molar-refractivity contribution in [3.05, 3.63) is 0 Å². The molecule has 0 bridgehead atoms. The Kier molecular flexibility index (Phi) is 3.86. The lowest BCUT2D eigenvalue weighted by Gasteiger charge is -1.94. The van der Waals surface area contributed by atoms with Gasteiger partial charge in [0.1, 0.15) is 0 Å². The van der Waals surface area contributed by atoms with Gasteiger partial charge in [0.05, 0.1) is 17.3 Å². The number of aliphatic hydroxyl groups is 1. The number of thioether (sulfide) groups is 1. The predicted octanol–water partition coefficient (Wildman–Crippen LogP) is 0.581. The first kappa shape index (κ1) is 6.80. The monoisotopic (exact) mass is 117 g/mol. The van der Waals surface area contributed by atoms with Crippen molar-refractivity contribution in [2.45, 2.75) is 12.4 Å². The van der Waals surface area contributed by atoms with Gasteiger partial charge in [-0.05, 0) is 6.92 Å². The van der Waals surface area contributed by atoms with Crippen LogP contribution in [0.5, 0.6) is 0 Å². The molecule has 0 aliphatic rings. The third kappa shape index (κ3) is 5.80. The second-order valence-electron chi connectivity index (χ2n) is 1.07. The van der Waals surface area contributed by atoms with E-state index in [0.29, 0.717) is 5.75 Å². The molecule has 0 aromatic heterocycles. The molecule has 1 unspecified atom stereocenters. The van der Waals surface area contributed by atoms with Crippen molar-refractivity contribution in [3.63, 3.8) is 0 Å². The molecule has 0 aliphatic carbocycles. The van der Waals surface area contributed by atoms with E-state index in [0.717, 1.165) is 0 Å². The quantitative estimate of drug-likeness (QED) is 0.538. The van der Waals surface area contributed by atoms with Gasteiger partial charge in [-0.1, -0.05) is 0 Å². The summed E-state index contributed by atoms with van der Waals surface area (Å²) in [6.07, 6.45) is 0. The molecule has 0 saturated heterocycles. The lowest BCUT2D eigenvalue weighted by Crippen LogP contribution is -1.91. The number of nitrogens with zero attached hydrogens (tertiary/aromatic N) is 1. The second-order valence-corrected chi connectivity index (χ2v) is 2.37. The Labute approximate surface area is 47.1 Å². The number of hydrogen-bond acceptors (Lipinski definition) is 3. The van der Waals surface area contributed by atoms with Crippen LogP contribution in [0.4, 0.5) is 0 Å². The van der Waals surface area contributed by atoms with E-state index in [1.807, 2.05) is 6.07 Å². The molecule has 1 N–H and O–H groups in total. The van der Waals surface area contributed by atoms with Crippen molar-refractivity contribution in [3.8, 4) is 6.07 Å². The lowest BCUT2D eigenvalue weighted by molar-refractivity contribution is 0.284.